The van der Waals surface area contributed by atoms with E-state index in [0.717, 1.165) is 18.6 Å². The molecule has 1 N–H and O–H groups in total. The van der Waals surface area contributed by atoms with Gasteiger partial charge in [-0.3, -0.25) is 4.79 Å². The molecule has 0 radical (unpaired) electrons. The summed E-state index contributed by atoms with van der Waals surface area (Å²) in [6.07, 6.45) is 3.35. The number of nitrogens with one attached hydrogen (secondary N) is 1. The number of amides is 1. The van der Waals surface area contributed by atoms with E-state index in [1.165, 1.54) is 6.42 Å². The second kappa shape index (κ2) is 7.08. The van der Waals surface area contributed by atoms with E-state index in [1.807, 2.05) is 6.07 Å². The molecule has 0 heterocycles. The van der Waals surface area contributed by atoms with Gasteiger partial charge in [0.2, 0.25) is 0 Å². The zero-order chi connectivity index (χ0) is 15.4. The van der Waals surface area contributed by atoms with Gasteiger partial charge in [-0.1, -0.05) is 44.5 Å². The summed E-state index contributed by atoms with van der Waals surface area (Å²) < 4.78 is 0. The van der Waals surface area contributed by atoms with Gasteiger partial charge >= 0.3 is 0 Å². The van der Waals surface area contributed by atoms with E-state index < -0.39 is 0 Å². The van der Waals surface area contributed by atoms with Crippen LogP contribution in [0.2, 0.25) is 5.02 Å². The monoisotopic (exact) mass is 306 g/mol. The molecule has 0 spiro atoms. The van der Waals surface area contributed by atoms with Crippen LogP contribution in [-0.2, 0) is 0 Å². The lowest BCUT2D eigenvalue weighted by Crippen LogP contribution is -2.31. The van der Waals surface area contributed by atoms with Crippen LogP contribution in [0.5, 0.6) is 0 Å². The lowest BCUT2D eigenvalue weighted by molar-refractivity contribution is 0.0954. The molecule has 2 atom stereocenters. The molecule has 114 valence electrons. The summed E-state index contributed by atoms with van der Waals surface area (Å²) in [5, 5.41) is 4.86. The first-order chi connectivity index (χ1) is 9.99. The minimum atomic E-state index is -0.242. The molecular weight excluding hydrogens is 284 g/mol. The summed E-state index contributed by atoms with van der Waals surface area (Å²) >= 11 is 6.03. The Morgan fingerprint density at radius 1 is 1.33 bits per heavy atom. The number of rotatable bonds is 3. The second-order valence-electron chi connectivity index (χ2n) is 6.26. The maximum atomic E-state index is 12.2. The zero-order valence-electron chi connectivity index (χ0n) is 12.9. The Balaban J connectivity index is 2.11. The molecule has 2 rings (SSSR count). The van der Waals surface area contributed by atoms with Crippen molar-refractivity contribution in [3.05, 3.63) is 34.9 Å². The first-order valence-corrected chi connectivity index (χ1v) is 7.98. The van der Waals surface area contributed by atoms with Crippen LogP contribution in [0.3, 0.4) is 0 Å². The predicted molar refractivity (Wildman–Crippen MR) is 87.7 cm³/mol. The van der Waals surface area contributed by atoms with Crippen molar-refractivity contribution in [2.75, 3.05) is 0 Å². The van der Waals surface area contributed by atoms with E-state index in [0.29, 0.717) is 28.3 Å². The molecule has 3 nitrogen and oxygen atoms in total. The third-order valence-corrected chi connectivity index (χ3v) is 4.51. The Hall–Kier alpha value is -1.35. The molecule has 21 heavy (non-hydrogen) atoms. The maximum Gasteiger partial charge on any atom is 0.272 e. The van der Waals surface area contributed by atoms with Crippen LogP contribution >= 0.6 is 11.6 Å². The Morgan fingerprint density at radius 3 is 2.71 bits per heavy atom. The van der Waals surface area contributed by atoms with Gasteiger partial charge < -0.3 is 0 Å². The Morgan fingerprint density at radius 2 is 2.05 bits per heavy atom. The van der Waals surface area contributed by atoms with Crippen molar-refractivity contribution < 1.29 is 4.79 Å². The van der Waals surface area contributed by atoms with Crippen molar-refractivity contribution in [3.8, 4) is 0 Å². The highest BCUT2D eigenvalue weighted by atomic mass is 35.5. The Kier molecular flexibility index (Phi) is 5.40. The van der Waals surface area contributed by atoms with E-state index in [-0.39, 0.29) is 5.91 Å². The minimum absolute atomic E-state index is 0.242. The number of nitrogens with zero attached hydrogens (tertiary/aromatic N) is 1. The van der Waals surface area contributed by atoms with Crippen LogP contribution < -0.4 is 5.43 Å². The van der Waals surface area contributed by atoms with Gasteiger partial charge in [-0.15, -0.1) is 0 Å². The van der Waals surface area contributed by atoms with Crippen LogP contribution in [0.15, 0.2) is 29.4 Å². The van der Waals surface area contributed by atoms with Gasteiger partial charge in [-0.25, -0.2) is 5.43 Å². The Bertz CT molecular complexity index is 539. The lowest BCUT2D eigenvalue weighted by Gasteiger charge is -2.30. The summed E-state index contributed by atoms with van der Waals surface area (Å²) in [6, 6.07) is 7.03. The smallest absolute Gasteiger partial charge is 0.267 e. The average molecular weight is 307 g/mol. The summed E-state index contributed by atoms with van der Waals surface area (Å²) in [4.78, 5) is 12.2. The molecule has 0 aromatic heterocycles. The highest BCUT2D eigenvalue weighted by Crippen LogP contribution is 2.31. The first kappa shape index (κ1) is 16.0. The number of hydrogen-bond acceptors (Lipinski definition) is 2. The van der Waals surface area contributed by atoms with E-state index in [2.05, 4.69) is 31.3 Å². The van der Waals surface area contributed by atoms with Crippen LogP contribution in [-0.4, -0.2) is 11.6 Å². The minimum Gasteiger partial charge on any atom is -0.267 e. The number of halogens is 1. The number of carbonyl (C=O) groups is 1. The van der Waals surface area contributed by atoms with Crippen molar-refractivity contribution in [2.24, 2.45) is 22.9 Å². The van der Waals surface area contributed by atoms with Crippen molar-refractivity contribution in [1.29, 1.82) is 0 Å². The van der Waals surface area contributed by atoms with Gasteiger partial charge in [0.25, 0.3) is 5.91 Å². The van der Waals surface area contributed by atoms with Crippen molar-refractivity contribution in [3.63, 3.8) is 0 Å². The van der Waals surface area contributed by atoms with E-state index >= 15 is 0 Å². The molecule has 0 aliphatic heterocycles. The molecule has 0 saturated heterocycles. The third kappa shape index (κ3) is 4.07. The highest BCUT2D eigenvalue weighted by Gasteiger charge is 2.27. The molecule has 1 amide bonds. The number of hydrogen-bond donors (Lipinski definition) is 1. The van der Waals surface area contributed by atoms with Gasteiger partial charge in [-0.05, 0) is 43.2 Å². The topological polar surface area (TPSA) is 41.5 Å². The van der Waals surface area contributed by atoms with Gasteiger partial charge in [-0.2, -0.15) is 5.10 Å². The van der Waals surface area contributed by atoms with Crippen molar-refractivity contribution >= 4 is 23.2 Å². The highest BCUT2D eigenvalue weighted by molar-refractivity contribution is 6.33. The largest absolute Gasteiger partial charge is 0.272 e. The number of hydrazone groups is 1. The predicted octanol–water partition coefficient (Wildman–Crippen LogP) is 4.52. The molecule has 1 saturated carbocycles. The second-order valence-corrected chi connectivity index (χ2v) is 6.67. The zero-order valence-corrected chi connectivity index (χ0v) is 13.7. The van der Waals surface area contributed by atoms with Crippen molar-refractivity contribution in [1.82, 2.24) is 5.43 Å². The lowest BCUT2D eigenvalue weighted by atomic mass is 9.76. The SMILES string of the molecule is CC(C)[C@H]1CC[C@@H](C)C/C1=N/NC(=O)c1ccccc1Cl. The fourth-order valence-corrected chi connectivity index (χ4v) is 3.14. The number of benzene rings is 1. The maximum absolute atomic E-state index is 12.2. The van der Waals surface area contributed by atoms with Gasteiger partial charge in [0.15, 0.2) is 0 Å². The van der Waals surface area contributed by atoms with E-state index in [1.54, 1.807) is 18.2 Å². The molecule has 1 fully saturated rings. The van der Waals surface area contributed by atoms with Crippen LogP contribution in [0.4, 0.5) is 0 Å². The summed E-state index contributed by atoms with van der Waals surface area (Å²) in [5.41, 5.74) is 4.26. The van der Waals surface area contributed by atoms with Crippen LogP contribution in [0.25, 0.3) is 0 Å². The van der Waals surface area contributed by atoms with Crippen molar-refractivity contribution in [2.45, 2.75) is 40.0 Å². The van der Waals surface area contributed by atoms with Gasteiger partial charge in [0.05, 0.1) is 10.6 Å². The standard InChI is InChI=1S/C17H23ClN2O/c1-11(2)13-9-8-12(3)10-16(13)19-20-17(21)14-6-4-5-7-15(14)18/h4-7,11-13H,8-10H2,1-3H3,(H,20,21)/b19-16-/t12-,13-/m1/s1. The average Bonchev–Trinajstić information content (AvgIpc) is 2.45. The molecule has 1 aromatic carbocycles. The third-order valence-electron chi connectivity index (χ3n) is 4.18. The molecule has 4 heteroatoms. The van der Waals surface area contributed by atoms with E-state index in [4.69, 9.17) is 11.6 Å². The molecule has 0 unspecified atom stereocenters. The molecule has 0 bridgehead atoms. The van der Waals surface area contributed by atoms with Gasteiger partial charge in [0, 0.05) is 11.6 Å². The fourth-order valence-electron chi connectivity index (χ4n) is 2.92. The summed E-state index contributed by atoms with van der Waals surface area (Å²) in [6.45, 7) is 6.67. The summed E-state index contributed by atoms with van der Waals surface area (Å²) in [7, 11) is 0. The normalized spacial score (nSPS) is 24.3. The quantitative estimate of drug-likeness (QED) is 0.820. The molecule has 1 aliphatic carbocycles. The van der Waals surface area contributed by atoms with Gasteiger partial charge in [0.1, 0.15) is 0 Å². The summed E-state index contributed by atoms with van der Waals surface area (Å²) in [5.74, 6) is 1.41. The fraction of sp³-hybridized carbons (Fsp3) is 0.529. The van der Waals surface area contributed by atoms with E-state index in [9.17, 15) is 4.79 Å². The molecule has 1 aliphatic rings. The van der Waals surface area contributed by atoms with Crippen LogP contribution in [0.1, 0.15) is 50.4 Å². The molecular formula is C17H23ClN2O. The molecule has 1 aromatic rings. The number of carbonyl (C=O) groups excluding carboxylic acids is 1. The first-order valence-electron chi connectivity index (χ1n) is 7.60. The Labute approximate surface area is 131 Å². The van der Waals surface area contributed by atoms with Crippen LogP contribution in [0, 0.1) is 17.8 Å².